The third-order valence-corrected chi connectivity index (χ3v) is 2.69. The van der Waals surface area contributed by atoms with Gasteiger partial charge in [0.1, 0.15) is 0 Å². The largest absolute Gasteiger partial charge is 0.619 e. The van der Waals surface area contributed by atoms with E-state index in [-0.39, 0.29) is 0 Å². The first-order valence-electron chi connectivity index (χ1n) is 6.00. The summed E-state index contributed by atoms with van der Waals surface area (Å²) in [4.78, 5) is 0. The highest BCUT2D eigenvalue weighted by Gasteiger charge is 1.95. The second-order valence-corrected chi connectivity index (χ2v) is 4.08. The van der Waals surface area contributed by atoms with Gasteiger partial charge in [0, 0.05) is 12.1 Å². The molecule has 0 saturated carbocycles. The Bertz CT molecular complexity index is 256. The van der Waals surface area contributed by atoms with Crippen LogP contribution in [0.4, 0.5) is 0 Å². The number of aryl methyl sites for hydroxylation is 1. The van der Waals surface area contributed by atoms with Crippen molar-refractivity contribution in [1.82, 2.24) is 0 Å². The molecule has 0 saturated heterocycles. The van der Waals surface area contributed by atoms with Crippen molar-refractivity contribution < 1.29 is 4.73 Å². The second kappa shape index (κ2) is 7.27. The minimum atomic E-state index is 0.838. The van der Waals surface area contributed by atoms with E-state index in [1.54, 1.807) is 12.4 Å². The van der Waals surface area contributed by atoms with Gasteiger partial charge in [0.05, 0.1) is 0 Å². The molecule has 1 aromatic heterocycles. The molecular weight excluding hydrogens is 186 g/mol. The van der Waals surface area contributed by atoms with Crippen molar-refractivity contribution >= 4 is 0 Å². The van der Waals surface area contributed by atoms with E-state index in [2.05, 4.69) is 6.92 Å². The fraction of sp³-hybridized carbons (Fsp3) is 0.615. The number of pyridine rings is 1. The summed E-state index contributed by atoms with van der Waals surface area (Å²) >= 11 is 0. The fourth-order valence-corrected chi connectivity index (χ4v) is 1.72. The predicted octanol–water partition coefficient (Wildman–Crippen LogP) is 3.22. The lowest BCUT2D eigenvalue weighted by molar-refractivity contribution is -0.605. The van der Waals surface area contributed by atoms with Gasteiger partial charge in [-0.15, -0.1) is 0 Å². The maximum atomic E-state index is 10.8. The molecule has 0 N–H and O–H groups in total. The summed E-state index contributed by atoms with van der Waals surface area (Å²) in [5, 5.41) is 10.8. The van der Waals surface area contributed by atoms with Gasteiger partial charge in [-0.25, -0.2) is 0 Å². The van der Waals surface area contributed by atoms with Crippen LogP contribution < -0.4 is 4.73 Å². The van der Waals surface area contributed by atoms with Gasteiger partial charge < -0.3 is 5.21 Å². The number of hydrogen-bond acceptors (Lipinski definition) is 1. The lowest BCUT2D eigenvalue weighted by Crippen LogP contribution is -2.23. The van der Waals surface area contributed by atoms with Crippen LogP contribution in [0.1, 0.15) is 51.0 Å². The average molecular weight is 207 g/mol. The molecule has 0 atom stereocenters. The van der Waals surface area contributed by atoms with Crippen LogP contribution in [-0.2, 0) is 6.42 Å². The second-order valence-electron chi connectivity index (χ2n) is 4.08. The number of aromatic nitrogens is 1. The molecule has 0 fully saturated rings. The van der Waals surface area contributed by atoms with Crippen molar-refractivity contribution in [2.75, 3.05) is 0 Å². The number of unbranched alkanes of at least 4 members (excludes halogenated alkanes) is 5. The lowest BCUT2D eigenvalue weighted by Gasteiger charge is -2.01. The zero-order valence-electron chi connectivity index (χ0n) is 9.61. The molecule has 0 aliphatic rings. The Morgan fingerprint density at radius 1 is 1.00 bits per heavy atom. The van der Waals surface area contributed by atoms with E-state index in [4.69, 9.17) is 0 Å². The van der Waals surface area contributed by atoms with Crippen LogP contribution >= 0.6 is 0 Å². The Balaban J connectivity index is 2.07. The van der Waals surface area contributed by atoms with E-state index in [1.165, 1.54) is 44.1 Å². The Morgan fingerprint density at radius 2 is 1.60 bits per heavy atom. The molecule has 2 nitrogen and oxygen atoms in total. The number of hydrogen-bond donors (Lipinski definition) is 0. The summed E-state index contributed by atoms with van der Waals surface area (Å²) in [6.07, 6.45) is 12.2. The Hall–Kier alpha value is -1.05. The molecule has 0 bridgehead atoms. The van der Waals surface area contributed by atoms with Gasteiger partial charge in [-0.2, -0.15) is 4.73 Å². The molecule has 84 valence electrons. The van der Waals surface area contributed by atoms with Crippen molar-refractivity contribution in [2.24, 2.45) is 0 Å². The van der Waals surface area contributed by atoms with Crippen molar-refractivity contribution in [3.8, 4) is 0 Å². The molecule has 0 radical (unpaired) electrons. The first-order chi connectivity index (χ1) is 7.33. The van der Waals surface area contributed by atoms with E-state index >= 15 is 0 Å². The van der Waals surface area contributed by atoms with Gasteiger partial charge in [-0.1, -0.05) is 39.0 Å². The summed E-state index contributed by atoms with van der Waals surface area (Å²) in [5.74, 6) is 0. The summed E-state index contributed by atoms with van der Waals surface area (Å²) in [5.41, 5.74) is 1.28. The molecule has 1 aromatic rings. The maximum absolute atomic E-state index is 10.8. The smallest absolute Gasteiger partial charge is 0.180 e. The van der Waals surface area contributed by atoms with E-state index in [0.29, 0.717) is 0 Å². The summed E-state index contributed by atoms with van der Waals surface area (Å²) < 4.78 is 0.838. The lowest BCUT2D eigenvalue weighted by atomic mass is 10.1. The molecule has 2 heteroatoms. The highest BCUT2D eigenvalue weighted by molar-refractivity contribution is 5.07. The van der Waals surface area contributed by atoms with Crippen molar-refractivity contribution in [2.45, 2.75) is 51.9 Å². The van der Waals surface area contributed by atoms with Gasteiger partial charge in [-0.05, 0) is 18.4 Å². The van der Waals surface area contributed by atoms with Crippen LogP contribution in [-0.4, -0.2) is 0 Å². The zero-order valence-corrected chi connectivity index (χ0v) is 9.61. The normalized spacial score (nSPS) is 10.5. The molecule has 0 aliphatic carbocycles. The first-order valence-corrected chi connectivity index (χ1v) is 6.00. The molecule has 0 aliphatic heterocycles. The van der Waals surface area contributed by atoms with Crippen LogP contribution in [0.15, 0.2) is 24.5 Å². The van der Waals surface area contributed by atoms with Crippen molar-refractivity contribution in [3.05, 3.63) is 35.3 Å². The van der Waals surface area contributed by atoms with Crippen molar-refractivity contribution in [1.29, 1.82) is 0 Å². The van der Waals surface area contributed by atoms with Gasteiger partial charge in [0.2, 0.25) is 0 Å². The molecular formula is C13H21NO. The van der Waals surface area contributed by atoms with Gasteiger partial charge in [0.25, 0.3) is 0 Å². The molecule has 1 rings (SSSR count). The van der Waals surface area contributed by atoms with Crippen LogP contribution in [0.25, 0.3) is 0 Å². The van der Waals surface area contributed by atoms with Gasteiger partial charge in [0.15, 0.2) is 12.4 Å². The third kappa shape index (κ3) is 5.40. The number of nitrogens with zero attached hydrogens (tertiary/aromatic N) is 1. The standard InChI is InChI=1S/C13H21NO/c1-2-3-4-5-6-7-8-13-9-11-14(15)12-10-13/h9-12H,2-8H2,1H3. The quantitative estimate of drug-likeness (QED) is 0.383. The number of rotatable bonds is 7. The van der Waals surface area contributed by atoms with Crippen LogP contribution in [0.3, 0.4) is 0 Å². The molecule has 0 aromatic carbocycles. The topological polar surface area (TPSA) is 26.9 Å². The fourth-order valence-electron chi connectivity index (χ4n) is 1.72. The minimum Gasteiger partial charge on any atom is -0.619 e. The van der Waals surface area contributed by atoms with Crippen LogP contribution in [0.5, 0.6) is 0 Å². The highest BCUT2D eigenvalue weighted by atomic mass is 16.5. The summed E-state index contributed by atoms with van der Waals surface area (Å²) in [6, 6.07) is 3.83. The van der Waals surface area contributed by atoms with E-state index in [0.717, 1.165) is 11.2 Å². The average Bonchev–Trinajstić information content (AvgIpc) is 2.26. The monoisotopic (exact) mass is 207 g/mol. The highest BCUT2D eigenvalue weighted by Crippen LogP contribution is 2.08. The van der Waals surface area contributed by atoms with Crippen LogP contribution in [0, 0.1) is 5.21 Å². The van der Waals surface area contributed by atoms with E-state index < -0.39 is 0 Å². The van der Waals surface area contributed by atoms with Crippen molar-refractivity contribution in [3.63, 3.8) is 0 Å². The first kappa shape index (κ1) is 12.0. The van der Waals surface area contributed by atoms with E-state index in [9.17, 15) is 5.21 Å². The Labute approximate surface area is 92.5 Å². The van der Waals surface area contributed by atoms with E-state index in [1.807, 2.05) is 12.1 Å². The van der Waals surface area contributed by atoms with Gasteiger partial charge >= 0.3 is 0 Å². The molecule has 15 heavy (non-hydrogen) atoms. The predicted molar refractivity (Wildman–Crippen MR) is 62.5 cm³/mol. The minimum absolute atomic E-state index is 0.838. The molecule has 0 unspecified atom stereocenters. The van der Waals surface area contributed by atoms with Crippen LogP contribution in [0.2, 0.25) is 0 Å². The summed E-state index contributed by atoms with van der Waals surface area (Å²) in [7, 11) is 0. The third-order valence-electron chi connectivity index (χ3n) is 2.69. The van der Waals surface area contributed by atoms with Gasteiger partial charge in [-0.3, -0.25) is 0 Å². The Kier molecular flexibility index (Phi) is 5.83. The zero-order chi connectivity index (χ0) is 10.9. The molecule has 1 heterocycles. The molecule has 0 spiro atoms. The molecule has 0 amide bonds. The SMILES string of the molecule is CCCCCCCCc1cc[n+]([O-])cc1. The Morgan fingerprint density at radius 3 is 2.27 bits per heavy atom. The summed E-state index contributed by atoms with van der Waals surface area (Å²) in [6.45, 7) is 2.24. The maximum Gasteiger partial charge on any atom is 0.180 e.